The number of carboxylic acids is 1. The first-order valence-corrected chi connectivity index (χ1v) is 6.79. The highest BCUT2D eigenvalue weighted by atomic mass is 32.2. The molecule has 1 aromatic carbocycles. The lowest BCUT2D eigenvalue weighted by Crippen LogP contribution is -2.10. The van der Waals surface area contributed by atoms with Gasteiger partial charge in [0.25, 0.3) is 5.91 Å². The molecule has 0 atom stereocenters. The van der Waals surface area contributed by atoms with Gasteiger partial charge in [0.2, 0.25) is 0 Å². The first kappa shape index (κ1) is 11.3. The van der Waals surface area contributed by atoms with E-state index in [1.54, 1.807) is 6.07 Å². The van der Waals surface area contributed by atoms with Gasteiger partial charge in [-0.15, -0.1) is 11.3 Å². The molecular formula is C12H7NO3S2. The number of amides is 1. The van der Waals surface area contributed by atoms with Gasteiger partial charge in [-0.1, -0.05) is 11.8 Å². The van der Waals surface area contributed by atoms with Crippen molar-refractivity contribution in [1.82, 2.24) is 0 Å². The molecule has 4 nitrogen and oxygen atoms in total. The molecule has 0 saturated carbocycles. The normalized spacial score (nSPS) is 13.2. The van der Waals surface area contributed by atoms with Crippen molar-refractivity contribution < 1.29 is 14.7 Å². The molecule has 0 saturated heterocycles. The first-order chi connectivity index (χ1) is 8.65. The van der Waals surface area contributed by atoms with Gasteiger partial charge >= 0.3 is 5.97 Å². The Morgan fingerprint density at radius 2 is 2.06 bits per heavy atom. The Bertz CT molecular complexity index is 663. The van der Waals surface area contributed by atoms with Gasteiger partial charge in [-0.2, -0.15) is 0 Å². The SMILES string of the molecule is O=C(O)c1ccc2c(c1)NC(=O)c1sccc1S2. The molecule has 1 aromatic heterocycles. The van der Waals surface area contributed by atoms with Crippen molar-refractivity contribution in [1.29, 1.82) is 0 Å². The van der Waals surface area contributed by atoms with Gasteiger partial charge in [0.15, 0.2) is 0 Å². The second kappa shape index (κ2) is 4.15. The average molecular weight is 277 g/mol. The number of hydrogen-bond donors (Lipinski definition) is 2. The summed E-state index contributed by atoms with van der Waals surface area (Å²) in [6.07, 6.45) is 0. The number of aromatic carboxylic acids is 1. The number of carboxylic acid groups (broad SMARTS) is 1. The third-order valence-electron chi connectivity index (χ3n) is 2.53. The predicted octanol–water partition coefficient (Wildman–Crippen LogP) is 3.16. The largest absolute Gasteiger partial charge is 0.478 e. The van der Waals surface area contributed by atoms with Crippen molar-refractivity contribution in [3.8, 4) is 0 Å². The van der Waals surface area contributed by atoms with Gasteiger partial charge in [0.05, 0.1) is 11.3 Å². The smallest absolute Gasteiger partial charge is 0.335 e. The standard InChI is InChI=1S/C12H7NO3S2/c14-11-10-9(3-4-17-10)18-8-2-1-6(12(15)16)5-7(8)13-11/h1-5H,(H,13,14)(H,15,16). The topological polar surface area (TPSA) is 66.4 Å². The summed E-state index contributed by atoms with van der Waals surface area (Å²) in [6, 6.07) is 6.64. The van der Waals surface area contributed by atoms with E-state index in [1.165, 1.54) is 35.2 Å². The van der Waals surface area contributed by atoms with E-state index in [0.717, 1.165) is 9.79 Å². The fraction of sp³-hybridized carbons (Fsp3) is 0. The third-order valence-corrected chi connectivity index (χ3v) is 4.71. The van der Waals surface area contributed by atoms with E-state index in [2.05, 4.69) is 5.32 Å². The Balaban J connectivity index is 2.11. The summed E-state index contributed by atoms with van der Waals surface area (Å²) in [5.74, 6) is -1.19. The maximum atomic E-state index is 11.9. The number of rotatable bonds is 1. The lowest BCUT2D eigenvalue weighted by Gasteiger charge is -2.06. The number of anilines is 1. The number of fused-ring (bicyclic) bond motifs is 2. The summed E-state index contributed by atoms with van der Waals surface area (Å²) < 4.78 is 0. The van der Waals surface area contributed by atoms with Crippen molar-refractivity contribution >= 4 is 40.7 Å². The zero-order chi connectivity index (χ0) is 12.7. The molecule has 1 amide bonds. The van der Waals surface area contributed by atoms with Crippen LogP contribution in [0.25, 0.3) is 0 Å². The summed E-state index contributed by atoms with van der Waals surface area (Å²) >= 11 is 2.85. The van der Waals surface area contributed by atoms with Crippen LogP contribution >= 0.6 is 23.1 Å². The van der Waals surface area contributed by atoms with Gasteiger partial charge in [-0.05, 0) is 29.6 Å². The van der Waals surface area contributed by atoms with E-state index in [9.17, 15) is 9.59 Å². The Morgan fingerprint density at radius 1 is 1.22 bits per heavy atom. The summed E-state index contributed by atoms with van der Waals surface area (Å²) in [7, 11) is 0. The van der Waals surface area contributed by atoms with E-state index < -0.39 is 5.97 Å². The summed E-state index contributed by atoms with van der Waals surface area (Å²) in [6.45, 7) is 0. The number of hydrogen-bond acceptors (Lipinski definition) is 4. The van der Waals surface area contributed by atoms with Crippen LogP contribution in [0.2, 0.25) is 0 Å². The predicted molar refractivity (Wildman–Crippen MR) is 69.8 cm³/mol. The van der Waals surface area contributed by atoms with Crippen molar-refractivity contribution in [2.24, 2.45) is 0 Å². The number of carbonyl (C=O) groups is 2. The molecule has 18 heavy (non-hydrogen) atoms. The van der Waals surface area contributed by atoms with Gasteiger partial charge in [0, 0.05) is 9.79 Å². The van der Waals surface area contributed by atoms with Crippen LogP contribution in [0.4, 0.5) is 5.69 Å². The van der Waals surface area contributed by atoms with Gasteiger partial charge in [-0.3, -0.25) is 4.79 Å². The van der Waals surface area contributed by atoms with Crippen LogP contribution < -0.4 is 5.32 Å². The molecule has 0 radical (unpaired) electrons. The second-order valence-electron chi connectivity index (χ2n) is 3.69. The molecule has 0 bridgehead atoms. The monoisotopic (exact) mass is 277 g/mol. The quantitative estimate of drug-likeness (QED) is 0.840. The molecule has 0 aliphatic carbocycles. The van der Waals surface area contributed by atoms with Crippen molar-refractivity contribution in [2.75, 3.05) is 5.32 Å². The fourth-order valence-corrected chi connectivity index (χ4v) is 3.64. The number of nitrogens with one attached hydrogen (secondary N) is 1. The summed E-state index contributed by atoms with van der Waals surface area (Å²) in [5, 5.41) is 13.6. The maximum absolute atomic E-state index is 11.9. The number of benzene rings is 1. The average Bonchev–Trinajstić information content (AvgIpc) is 2.74. The Labute approximate surface area is 111 Å². The van der Waals surface area contributed by atoms with Crippen LogP contribution in [-0.4, -0.2) is 17.0 Å². The van der Waals surface area contributed by atoms with Gasteiger partial charge in [0.1, 0.15) is 4.88 Å². The molecule has 0 fully saturated rings. The molecule has 3 rings (SSSR count). The number of thiophene rings is 1. The minimum Gasteiger partial charge on any atom is -0.478 e. The van der Waals surface area contributed by atoms with Gasteiger partial charge in [-0.25, -0.2) is 4.79 Å². The molecule has 0 spiro atoms. The molecule has 2 N–H and O–H groups in total. The molecular weight excluding hydrogens is 270 g/mol. The molecule has 2 heterocycles. The minimum absolute atomic E-state index is 0.167. The summed E-state index contributed by atoms with van der Waals surface area (Å²) in [4.78, 5) is 25.3. The van der Waals surface area contributed by atoms with Crippen LogP contribution in [-0.2, 0) is 0 Å². The fourth-order valence-electron chi connectivity index (χ4n) is 1.69. The number of carbonyl (C=O) groups excluding carboxylic acids is 1. The Morgan fingerprint density at radius 3 is 2.83 bits per heavy atom. The van der Waals surface area contributed by atoms with E-state index in [0.29, 0.717) is 10.6 Å². The molecule has 90 valence electrons. The van der Waals surface area contributed by atoms with E-state index in [-0.39, 0.29) is 11.5 Å². The van der Waals surface area contributed by atoms with Crippen molar-refractivity contribution in [3.05, 3.63) is 40.1 Å². The maximum Gasteiger partial charge on any atom is 0.335 e. The van der Waals surface area contributed by atoms with E-state index in [1.807, 2.05) is 11.4 Å². The first-order valence-electron chi connectivity index (χ1n) is 5.09. The van der Waals surface area contributed by atoms with E-state index in [4.69, 9.17) is 5.11 Å². The van der Waals surface area contributed by atoms with Crippen molar-refractivity contribution in [3.63, 3.8) is 0 Å². The molecule has 1 aliphatic rings. The van der Waals surface area contributed by atoms with Crippen LogP contribution in [0.3, 0.4) is 0 Å². The van der Waals surface area contributed by atoms with Crippen LogP contribution in [0, 0.1) is 0 Å². The van der Waals surface area contributed by atoms with Crippen LogP contribution in [0.15, 0.2) is 39.4 Å². The second-order valence-corrected chi connectivity index (χ2v) is 5.69. The lowest BCUT2D eigenvalue weighted by atomic mass is 10.2. The highest BCUT2D eigenvalue weighted by Gasteiger charge is 2.21. The lowest BCUT2D eigenvalue weighted by molar-refractivity contribution is 0.0696. The van der Waals surface area contributed by atoms with Crippen molar-refractivity contribution in [2.45, 2.75) is 9.79 Å². The Hall–Kier alpha value is -1.79. The molecule has 1 aliphatic heterocycles. The van der Waals surface area contributed by atoms with Crippen LogP contribution in [0.1, 0.15) is 20.0 Å². The minimum atomic E-state index is -1.00. The highest BCUT2D eigenvalue weighted by Crippen LogP contribution is 2.40. The zero-order valence-corrected chi connectivity index (χ0v) is 10.6. The third kappa shape index (κ3) is 1.79. The molecule has 0 unspecified atom stereocenters. The van der Waals surface area contributed by atoms with Crippen LogP contribution in [0.5, 0.6) is 0 Å². The molecule has 2 aromatic rings. The molecule has 6 heteroatoms. The van der Waals surface area contributed by atoms with Gasteiger partial charge < -0.3 is 10.4 Å². The van der Waals surface area contributed by atoms with E-state index >= 15 is 0 Å². The summed E-state index contributed by atoms with van der Waals surface area (Å²) in [5.41, 5.74) is 0.716. The highest BCUT2D eigenvalue weighted by molar-refractivity contribution is 7.99. The zero-order valence-electron chi connectivity index (χ0n) is 8.97. The Kier molecular flexibility index (Phi) is 2.61.